The van der Waals surface area contributed by atoms with E-state index in [9.17, 15) is 25.0 Å². The van der Waals surface area contributed by atoms with Crippen LogP contribution in [0.3, 0.4) is 0 Å². The summed E-state index contributed by atoms with van der Waals surface area (Å²) in [7, 11) is 0. The Kier molecular flexibility index (Phi) is 7.84. The Morgan fingerprint density at radius 3 is 1.62 bits per heavy atom. The van der Waals surface area contributed by atoms with Crippen LogP contribution >= 0.6 is 0 Å². The molecule has 45 heavy (non-hydrogen) atoms. The Labute approximate surface area is 254 Å². The van der Waals surface area contributed by atoms with Gasteiger partial charge in [0.25, 0.3) is 11.1 Å². The van der Waals surface area contributed by atoms with Crippen molar-refractivity contribution in [1.29, 1.82) is 0 Å². The molecule has 0 atom stereocenters. The lowest BCUT2D eigenvalue weighted by Gasteiger charge is -2.13. The first-order valence-electron chi connectivity index (χ1n) is 13.6. The predicted molar refractivity (Wildman–Crippen MR) is 166 cm³/mol. The number of hydrogen-bond donors (Lipinski definition) is 3. The van der Waals surface area contributed by atoms with E-state index in [0.29, 0.717) is 21.5 Å². The summed E-state index contributed by atoms with van der Waals surface area (Å²) in [5.74, 6) is -0.436. The first-order chi connectivity index (χ1) is 21.9. The highest BCUT2D eigenvalue weighted by Gasteiger charge is 2.17. The van der Waals surface area contributed by atoms with Crippen LogP contribution in [-0.4, -0.2) is 44.8 Å². The molecule has 0 saturated carbocycles. The highest BCUT2D eigenvalue weighted by atomic mass is 16.7. The van der Waals surface area contributed by atoms with Crippen LogP contribution in [0, 0.1) is 0 Å². The molecule has 4 aromatic heterocycles. The topological polar surface area (TPSA) is 165 Å². The summed E-state index contributed by atoms with van der Waals surface area (Å²) >= 11 is 0. The minimum absolute atomic E-state index is 0.0288. The minimum atomic E-state index is -0.747. The van der Waals surface area contributed by atoms with E-state index >= 15 is 0 Å². The van der Waals surface area contributed by atoms with E-state index in [1.165, 1.54) is 12.7 Å². The second-order valence-electron chi connectivity index (χ2n) is 9.67. The zero-order chi connectivity index (χ0) is 31.3. The van der Waals surface area contributed by atoms with E-state index in [1.54, 1.807) is 0 Å². The van der Waals surface area contributed by atoms with Crippen LogP contribution in [-0.2, 0) is 6.61 Å². The summed E-state index contributed by atoms with van der Waals surface area (Å²) in [5.41, 5.74) is 2.41. The molecule has 4 heterocycles. The van der Waals surface area contributed by atoms with Crippen molar-refractivity contribution in [1.82, 2.24) is 29.4 Å². The van der Waals surface area contributed by atoms with E-state index in [2.05, 4.69) is 19.9 Å². The Balaban J connectivity index is 0.000000167. The van der Waals surface area contributed by atoms with Crippen molar-refractivity contribution in [2.75, 3.05) is 0 Å². The largest absolute Gasteiger partial charge is 0.507 e. The number of nitrogens with zero attached hydrogens (tertiary/aromatic N) is 6. The lowest BCUT2D eigenvalue weighted by atomic mass is 10.1. The number of rotatable bonds is 5. The molecule has 0 spiro atoms. The van der Waals surface area contributed by atoms with Gasteiger partial charge in [0.1, 0.15) is 30.8 Å². The molecule has 0 aliphatic carbocycles. The van der Waals surface area contributed by atoms with Crippen LogP contribution < -0.4 is 16.0 Å². The molecule has 3 N–H and O–H groups in total. The van der Waals surface area contributed by atoms with Gasteiger partial charge in [0.2, 0.25) is 0 Å². The number of hydrogen-bond acceptors (Lipinski definition) is 10. The summed E-state index contributed by atoms with van der Waals surface area (Å²) in [6.07, 6.45) is 2.59. The van der Waals surface area contributed by atoms with Gasteiger partial charge >= 0.3 is 0 Å². The van der Waals surface area contributed by atoms with Crippen molar-refractivity contribution >= 4 is 22.1 Å². The third kappa shape index (κ3) is 5.75. The Morgan fingerprint density at radius 1 is 0.600 bits per heavy atom. The van der Waals surface area contributed by atoms with Crippen LogP contribution in [0.5, 0.6) is 11.5 Å². The second-order valence-corrected chi connectivity index (χ2v) is 9.67. The molecule has 7 aromatic rings. The molecule has 222 valence electrons. The Bertz CT molecular complexity index is 2240. The van der Waals surface area contributed by atoms with Crippen molar-refractivity contribution < 1.29 is 20.3 Å². The molecule has 0 aliphatic rings. The third-order valence-electron chi connectivity index (χ3n) is 6.79. The maximum absolute atomic E-state index is 12.3. The van der Waals surface area contributed by atoms with Gasteiger partial charge in [0.05, 0.1) is 22.2 Å². The van der Waals surface area contributed by atoms with Crippen LogP contribution in [0.1, 0.15) is 5.56 Å². The highest BCUT2D eigenvalue weighted by Crippen LogP contribution is 2.31. The van der Waals surface area contributed by atoms with E-state index in [1.807, 2.05) is 91.0 Å². The molecular weight excluding hydrogens is 576 g/mol. The van der Waals surface area contributed by atoms with Crippen molar-refractivity contribution in [2.45, 2.75) is 6.61 Å². The van der Waals surface area contributed by atoms with Crippen LogP contribution in [0.15, 0.2) is 125 Å². The lowest BCUT2D eigenvalue weighted by Crippen LogP contribution is -2.27. The van der Waals surface area contributed by atoms with Crippen LogP contribution in [0.2, 0.25) is 0 Å². The maximum Gasteiger partial charge on any atom is 0.288 e. The summed E-state index contributed by atoms with van der Waals surface area (Å²) in [5, 5.41) is 30.5. The number of fused-ring (bicyclic) bond motifs is 2. The normalized spacial score (nSPS) is 10.8. The Morgan fingerprint density at radius 2 is 1.07 bits per heavy atom. The molecule has 12 nitrogen and oxygen atoms in total. The highest BCUT2D eigenvalue weighted by molar-refractivity contribution is 5.95. The van der Waals surface area contributed by atoms with Gasteiger partial charge in [-0.15, -0.1) is 9.46 Å². The molecule has 0 aliphatic heterocycles. The van der Waals surface area contributed by atoms with E-state index in [-0.39, 0.29) is 34.8 Å². The molecule has 7 rings (SSSR count). The molecule has 0 radical (unpaired) electrons. The number of pyridine rings is 2. The average Bonchev–Trinajstić information content (AvgIpc) is 3.08. The van der Waals surface area contributed by atoms with Crippen molar-refractivity contribution in [3.63, 3.8) is 0 Å². The van der Waals surface area contributed by atoms with Gasteiger partial charge in [-0.1, -0.05) is 91.0 Å². The molecule has 3 aromatic carbocycles. The predicted octanol–water partition coefficient (Wildman–Crippen LogP) is 4.19. The van der Waals surface area contributed by atoms with Crippen LogP contribution in [0.25, 0.3) is 44.6 Å². The molecule has 0 amide bonds. The van der Waals surface area contributed by atoms with E-state index < -0.39 is 11.1 Å². The summed E-state index contributed by atoms with van der Waals surface area (Å²) < 4.78 is 1.49. The zero-order valence-electron chi connectivity index (χ0n) is 23.4. The van der Waals surface area contributed by atoms with Gasteiger partial charge in [0.15, 0.2) is 11.3 Å². The summed E-state index contributed by atoms with van der Waals surface area (Å²) in [6, 6.07) is 30.1. The molecular formula is C33H24N6O6. The van der Waals surface area contributed by atoms with E-state index in [0.717, 1.165) is 33.6 Å². The van der Waals surface area contributed by atoms with Crippen molar-refractivity contribution in [3.8, 4) is 34.0 Å². The molecule has 12 heteroatoms. The van der Waals surface area contributed by atoms with E-state index in [4.69, 9.17) is 4.84 Å². The van der Waals surface area contributed by atoms with Gasteiger partial charge in [-0.05, 0) is 5.56 Å². The number of aromatic hydroxyl groups is 2. The quantitative estimate of drug-likeness (QED) is 0.244. The van der Waals surface area contributed by atoms with Crippen LogP contribution in [0.4, 0.5) is 0 Å². The fourth-order valence-electron chi connectivity index (χ4n) is 4.71. The van der Waals surface area contributed by atoms with Gasteiger partial charge in [-0.25, -0.2) is 19.9 Å². The van der Waals surface area contributed by atoms with Gasteiger partial charge in [0, 0.05) is 23.3 Å². The van der Waals surface area contributed by atoms with Crippen molar-refractivity contribution in [3.05, 3.63) is 142 Å². The second kappa shape index (κ2) is 12.4. The first kappa shape index (κ1) is 28.6. The molecule has 0 saturated heterocycles. The Hall–Kier alpha value is -6.56. The monoisotopic (exact) mass is 600 g/mol. The number of benzene rings is 3. The van der Waals surface area contributed by atoms with Gasteiger partial charge in [-0.2, -0.15) is 0 Å². The average molecular weight is 601 g/mol. The van der Waals surface area contributed by atoms with Gasteiger partial charge in [-0.3, -0.25) is 9.59 Å². The lowest BCUT2D eigenvalue weighted by molar-refractivity contribution is 0.0976. The minimum Gasteiger partial charge on any atom is -0.507 e. The summed E-state index contributed by atoms with van der Waals surface area (Å²) in [4.78, 5) is 45.8. The third-order valence-corrected chi connectivity index (χ3v) is 6.79. The summed E-state index contributed by atoms with van der Waals surface area (Å²) in [6.45, 7) is 0.200. The standard InChI is InChI=1S/C20H15N3O3.C13H9N3O3/c24-16-11-17(25)23(26-12-14-7-3-1-4-8-14)20-18(16)19(21-13-22-20)15-9-5-2-6-10-15;17-9-6-10(18)16(19)13-11(9)12(14-7-15-13)8-4-2-1-3-5-8/h1-11,13,24H,12H2;1-7,17,19H. The SMILES string of the molecule is O=c1cc(O)c2c(-c3ccccc3)ncnc2n1O.O=c1cc(O)c2c(-c3ccccc3)ncnc2n1OCc1ccccc1. The molecule has 0 bridgehead atoms. The first-order valence-corrected chi connectivity index (χ1v) is 13.6. The zero-order valence-corrected chi connectivity index (χ0v) is 23.4. The fraction of sp³-hybridized carbons (Fsp3) is 0.0303. The molecule has 0 fully saturated rings. The smallest absolute Gasteiger partial charge is 0.288 e. The molecule has 0 unspecified atom stereocenters. The maximum atomic E-state index is 12.3. The fourth-order valence-corrected chi connectivity index (χ4v) is 4.71. The number of aromatic nitrogens is 6. The van der Waals surface area contributed by atoms with Gasteiger partial charge < -0.3 is 20.3 Å². The van der Waals surface area contributed by atoms with Crippen molar-refractivity contribution in [2.24, 2.45) is 0 Å².